The van der Waals surface area contributed by atoms with E-state index in [1.807, 2.05) is 0 Å². The summed E-state index contributed by atoms with van der Waals surface area (Å²) in [6.07, 6.45) is 3.10. The number of nitrogens with zero attached hydrogens (tertiary/aromatic N) is 2. The van der Waals surface area contributed by atoms with E-state index >= 15 is 0 Å². The van der Waals surface area contributed by atoms with Crippen molar-refractivity contribution in [1.82, 2.24) is 0 Å². The van der Waals surface area contributed by atoms with E-state index in [0.717, 1.165) is 31.6 Å². The molecule has 2 aliphatic rings. The predicted octanol–water partition coefficient (Wildman–Crippen LogP) is 4.27. The van der Waals surface area contributed by atoms with E-state index in [1.54, 1.807) is 11.3 Å². The molecule has 2 N–H and O–H groups in total. The van der Waals surface area contributed by atoms with E-state index in [-0.39, 0.29) is 6.04 Å². The Hall–Kier alpha value is -2.04. The SMILES string of the molecule is C=C1CCCN1c1cccc2c1N(Cc1ccsc1)C(=C)C(N)C2. The molecule has 4 rings (SSSR count). The van der Waals surface area contributed by atoms with Crippen LogP contribution in [0.3, 0.4) is 0 Å². The Bertz CT molecular complexity index is 778. The fraction of sp³-hybridized carbons (Fsp3) is 0.300. The molecule has 124 valence electrons. The topological polar surface area (TPSA) is 32.5 Å². The van der Waals surface area contributed by atoms with Gasteiger partial charge >= 0.3 is 0 Å². The summed E-state index contributed by atoms with van der Waals surface area (Å²) in [5.41, 5.74) is 13.7. The lowest BCUT2D eigenvalue weighted by molar-refractivity contribution is 0.682. The first-order valence-corrected chi connectivity index (χ1v) is 9.39. The monoisotopic (exact) mass is 337 g/mol. The highest BCUT2D eigenvalue weighted by Crippen LogP contribution is 2.43. The van der Waals surface area contributed by atoms with E-state index in [2.05, 4.69) is 58.0 Å². The number of hydrogen-bond donors (Lipinski definition) is 1. The van der Waals surface area contributed by atoms with E-state index < -0.39 is 0 Å². The largest absolute Gasteiger partial charge is 0.344 e. The fourth-order valence-corrected chi connectivity index (χ4v) is 4.40. The summed E-state index contributed by atoms with van der Waals surface area (Å²) < 4.78 is 0. The van der Waals surface area contributed by atoms with Gasteiger partial charge in [0.2, 0.25) is 0 Å². The quantitative estimate of drug-likeness (QED) is 0.908. The van der Waals surface area contributed by atoms with Crippen molar-refractivity contribution >= 4 is 22.7 Å². The highest BCUT2D eigenvalue weighted by molar-refractivity contribution is 7.07. The fourth-order valence-electron chi connectivity index (χ4n) is 3.74. The van der Waals surface area contributed by atoms with Gasteiger partial charge in [0, 0.05) is 30.5 Å². The lowest BCUT2D eigenvalue weighted by Gasteiger charge is -2.39. The molecule has 24 heavy (non-hydrogen) atoms. The van der Waals surface area contributed by atoms with E-state index in [4.69, 9.17) is 5.73 Å². The third-order valence-electron chi connectivity index (χ3n) is 5.02. The van der Waals surface area contributed by atoms with E-state index in [0.29, 0.717) is 0 Å². The normalized spacial score (nSPS) is 20.6. The van der Waals surface area contributed by atoms with Crippen LogP contribution in [0.15, 0.2) is 59.6 Å². The van der Waals surface area contributed by atoms with Crippen LogP contribution >= 0.6 is 11.3 Å². The first kappa shape index (κ1) is 15.5. The number of thiophene rings is 1. The second-order valence-electron chi connectivity index (χ2n) is 6.63. The van der Waals surface area contributed by atoms with Gasteiger partial charge in [-0.25, -0.2) is 0 Å². The van der Waals surface area contributed by atoms with Crippen LogP contribution in [0.4, 0.5) is 11.4 Å². The number of allylic oxidation sites excluding steroid dienone is 1. The minimum Gasteiger partial charge on any atom is -0.344 e. The van der Waals surface area contributed by atoms with Gasteiger partial charge in [-0.2, -0.15) is 11.3 Å². The standard InChI is InChI=1S/C20H23N3S/c1-14-5-4-9-22(14)19-7-3-6-17-11-18(21)15(2)23(20(17)19)12-16-8-10-24-13-16/h3,6-8,10,13,18H,1-2,4-5,9,11-12,21H2. The molecule has 1 atom stereocenters. The second kappa shape index (κ2) is 6.11. The van der Waals surface area contributed by atoms with Crippen molar-refractivity contribution in [3.8, 4) is 0 Å². The van der Waals surface area contributed by atoms with Gasteiger partial charge in [-0.05, 0) is 53.3 Å². The van der Waals surface area contributed by atoms with Crippen LogP contribution in [0.5, 0.6) is 0 Å². The van der Waals surface area contributed by atoms with Gasteiger partial charge in [0.1, 0.15) is 0 Å². The zero-order valence-corrected chi connectivity index (χ0v) is 14.7. The van der Waals surface area contributed by atoms with Crippen LogP contribution in [0.2, 0.25) is 0 Å². The van der Waals surface area contributed by atoms with E-state index in [9.17, 15) is 0 Å². The lowest BCUT2D eigenvalue weighted by Crippen LogP contribution is -2.41. The lowest BCUT2D eigenvalue weighted by atomic mass is 9.94. The first-order valence-electron chi connectivity index (χ1n) is 8.45. The molecule has 0 saturated carbocycles. The molecule has 1 saturated heterocycles. The number of anilines is 2. The van der Waals surface area contributed by atoms with Crippen molar-refractivity contribution in [2.24, 2.45) is 5.73 Å². The van der Waals surface area contributed by atoms with Gasteiger partial charge in [-0.3, -0.25) is 0 Å². The van der Waals surface area contributed by atoms with Gasteiger partial charge < -0.3 is 15.5 Å². The maximum Gasteiger partial charge on any atom is 0.0686 e. The summed E-state index contributed by atoms with van der Waals surface area (Å²) in [6, 6.07) is 8.71. The number of hydrogen-bond acceptors (Lipinski definition) is 4. The number of para-hydroxylation sites is 1. The molecular weight excluding hydrogens is 314 g/mol. The Morgan fingerprint density at radius 2 is 2.12 bits per heavy atom. The van der Waals surface area contributed by atoms with E-state index in [1.165, 1.54) is 34.6 Å². The number of rotatable bonds is 3. The number of nitrogens with two attached hydrogens (primary N) is 1. The zero-order chi connectivity index (χ0) is 16.7. The molecule has 0 aliphatic carbocycles. The predicted molar refractivity (Wildman–Crippen MR) is 103 cm³/mol. The summed E-state index contributed by atoms with van der Waals surface area (Å²) in [5.74, 6) is 0. The maximum absolute atomic E-state index is 6.37. The minimum absolute atomic E-state index is 0.0202. The molecule has 3 nitrogen and oxygen atoms in total. The van der Waals surface area contributed by atoms with Gasteiger partial charge in [-0.1, -0.05) is 25.3 Å². The molecule has 1 aromatic heterocycles. The van der Waals surface area contributed by atoms with Gasteiger partial charge in [0.25, 0.3) is 0 Å². The molecular formula is C20H23N3S. The Morgan fingerprint density at radius 3 is 2.83 bits per heavy atom. The summed E-state index contributed by atoms with van der Waals surface area (Å²) >= 11 is 1.73. The average molecular weight is 337 g/mol. The molecule has 0 bridgehead atoms. The average Bonchev–Trinajstić information content (AvgIpc) is 3.22. The number of benzene rings is 1. The van der Waals surface area contributed by atoms with Crippen molar-refractivity contribution < 1.29 is 0 Å². The first-order chi connectivity index (χ1) is 11.6. The summed E-state index contributed by atoms with van der Waals surface area (Å²) in [5, 5.41) is 4.32. The van der Waals surface area contributed by atoms with Crippen LogP contribution in [0.25, 0.3) is 0 Å². The third kappa shape index (κ3) is 2.56. The Balaban J connectivity index is 1.81. The van der Waals surface area contributed by atoms with Gasteiger partial charge in [0.15, 0.2) is 0 Å². The summed E-state index contributed by atoms with van der Waals surface area (Å²) in [7, 11) is 0. The summed E-state index contributed by atoms with van der Waals surface area (Å²) in [6.45, 7) is 10.4. The molecule has 1 unspecified atom stereocenters. The van der Waals surface area contributed by atoms with Crippen LogP contribution in [-0.4, -0.2) is 12.6 Å². The highest BCUT2D eigenvalue weighted by atomic mass is 32.1. The minimum atomic E-state index is -0.0202. The second-order valence-corrected chi connectivity index (χ2v) is 7.41. The Morgan fingerprint density at radius 1 is 1.25 bits per heavy atom. The van der Waals surface area contributed by atoms with Gasteiger partial charge in [-0.15, -0.1) is 0 Å². The third-order valence-corrected chi connectivity index (χ3v) is 5.76. The van der Waals surface area contributed by atoms with Crippen LogP contribution in [0.1, 0.15) is 24.0 Å². The van der Waals surface area contributed by atoms with Crippen LogP contribution < -0.4 is 15.5 Å². The van der Waals surface area contributed by atoms with Gasteiger partial charge in [0.05, 0.1) is 11.4 Å². The molecule has 0 radical (unpaired) electrons. The molecule has 3 heterocycles. The maximum atomic E-state index is 6.37. The molecule has 0 spiro atoms. The highest BCUT2D eigenvalue weighted by Gasteiger charge is 2.31. The number of fused-ring (bicyclic) bond motifs is 1. The van der Waals surface area contributed by atoms with Crippen molar-refractivity contribution in [2.75, 3.05) is 16.3 Å². The Kier molecular flexibility index (Phi) is 3.94. The molecule has 1 fully saturated rings. The molecule has 2 aromatic rings. The van der Waals surface area contributed by atoms with Crippen molar-refractivity contribution in [2.45, 2.75) is 31.8 Å². The molecule has 0 amide bonds. The zero-order valence-electron chi connectivity index (χ0n) is 13.9. The molecule has 1 aromatic carbocycles. The Labute approximate surface area is 147 Å². The smallest absolute Gasteiger partial charge is 0.0686 e. The van der Waals surface area contributed by atoms with Crippen LogP contribution in [-0.2, 0) is 13.0 Å². The van der Waals surface area contributed by atoms with Crippen molar-refractivity contribution in [1.29, 1.82) is 0 Å². The van der Waals surface area contributed by atoms with Crippen LogP contribution in [0, 0.1) is 0 Å². The molecule has 2 aliphatic heterocycles. The van der Waals surface area contributed by atoms with Crippen molar-refractivity contribution in [3.63, 3.8) is 0 Å². The molecule has 4 heteroatoms. The summed E-state index contributed by atoms with van der Waals surface area (Å²) in [4.78, 5) is 4.68. The van der Waals surface area contributed by atoms with Crippen molar-refractivity contribution in [3.05, 3.63) is 70.7 Å².